The molecule has 0 aliphatic heterocycles. The van der Waals surface area contributed by atoms with Gasteiger partial charge in [0.05, 0.1) is 23.7 Å². The zero-order valence-electron chi connectivity index (χ0n) is 16.3. The number of nitriles is 1. The molecule has 156 valence electrons. The van der Waals surface area contributed by atoms with Gasteiger partial charge in [0.25, 0.3) is 5.69 Å². The Labute approximate surface area is 186 Å². The van der Waals surface area contributed by atoms with E-state index in [-0.39, 0.29) is 23.7 Å². The van der Waals surface area contributed by atoms with E-state index in [1.807, 2.05) is 0 Å². The summed E-state index contributed by atoms with van der Waals surface area (Å²) >= 11 is 3.46. The van der Waals surface area contributed by atoms with Crippen LogP contribution in [0.4, 0.5) is 10.1 Å². The molecule has 3 aromatic rings. The molecule has 0 aliphatic carbocycles. The number of nitrogens with zero attached hydrogens (tertiary/aromatic N) is 2. The number of nitro groups is 1. The first-order valence-corrected chi connectivity index (χ1v) is 9.82. The van der Waals surface area contributed by atoms with E-state index in [1.165, 1.54) is 37.4 Å². The largest absolute Gasteiger partial charge is 0.493 e. The first-order chi connectivity index (χ1) is 14.9. The van der Waals surface area contributed by atoms with Crippen LogP contribution in [0.1, 0.15) is 16.7 Å². The van der Waals surface area contributed by atoms with Gasteiger partial charge in [-0.05, 0) is 47.0 Å². The van der Waals surface area contributed by atoms with Crippen LogP contribution in [0.25, 0.3) is 11.6 Å². The normalized spacial score (nSPS) is 11.0. The van der Waals surface area contributed by atoms with Gasteiger partial charge in [-0.3, -0.25) is 10.1 Å². The van der Waals surface area contributed by atoms with Gasteiger partial charge >= 0.3 is 0 Å². The summed E-state index contributed by atoms with van der Waals surface area (Å²) in [6.07, 6.45) is 1.60. The molecule has 31 heavy (non-hydrogen) atoms. The van der Waals surface area contributed by atoms with Gasteiger partial charge in [-0.25, -0.2) is 4.39 Å². The van der Waals surface area contributed by atoms with Crippen molar-refractivity contribution < 1.29 is 18.8 Å². The highest BCUT2D eigenvalue weighted by Crippen LogP contribution is 2.36. The van der Waals surface area contributed by atoms with Crippen LogP contribution in [0.15, 0.2) is 65.1 Å². The molecule has 3 rings (SSSR count). The summed E-state index contributed by atoms with van der Waals surface area (Å²) in [5.41, 5.74) is 1.86. The number of methoxy groups -OCH3 is 1. The Kier molecular flexibility index (Phi) is 7.00. The minimum Gasteiger partial charge on any atom is -0.493 e. The molecule has 0 aromatic heterocycles. The fourth-order valence-corrected chi connectivity index (χ4v) is 3.28. The Morgan fingerprint density at radius 3 is 2.65 bits per heavy atom. The molecule has 0 saturated carbocycles. The number of hydrogen-bond acceptors (Lipinski definition) is 5. The van der Waals surface area contributed by atoms with Crippen molar-refractivity contribution in [2.45, 2.75) is 6.61 Å². The molecular weight excluding hydrogens is 467 g/mol. The minimum atomic E-state index is -0.512. The fourth-order valence-electron chi connectivity index (χ4n) is 2.84. The van der Waals surface area contributed by atoms with Crippen LogP contribution < -0.4 is 9.47 Å². The highest BCUT2D eigenvalue weighted by Gasteiger charge is 2.13. The molecule has 0 N–H and O–H groups in total. The second kappa shape index (κ2) is 9.87. The summed E-state index contributed by atoms with van der Waals surface area (Å²) in [4.78, 5) is 10.5. The molecule has 3 aromatic carbocycles. The van der Waals surface area contributed by atoms with Gasteiger partial charge in [0.15, 0.2) is 11.5 Å². The number of benzene rings is 3. The highest BCUT2D eigenvalue weighted by atomic mass is 79.9. The molecule has 0 saturated heterocycles. The monoisotopic (exact) mass is 482 g/mol. The third kappa shape index (κ3) is 5.47. The maximum atomic E-state index is 13.4. The summed E-state index contributed by atoms with van der Waals surface area (Å²) < 4.78 is 25.2. The van der Waals surface area contributed by atoms with Crippen LogP contribution in [0.2, 0.25) is 0 Å². The number of non-ortho nitro benzene ring substituents is 1. The van der Waals surface area contributed by atoms with Crippen molar-refractivity contribution in [3.63, 3.8) is 0 Å². The SMILES string of the molecule is COc1cc(/C=C(/C#N)c2cccc([N+](=O)[O-])c2)c(Br)cc1OCc1cccc(F)c1. The summed E-state index contributed by atoms with van der Waals surface area (Å²) in [5, 5.41) is 20.6. The van der Waals surface area contributed by atoms with Gasteiger partial charge in [-0.1, -0.05) is 40.2 Å². The van der Waals surface area contributed by atoms with Crippen molar-refractivity contribution in [2.75, 3.05) is 7.11 Å². The van der Waals surface area contributed by atoms with Crippen LogP contribution in [-0.4, -0.2) is 12.0 Å². The quantitative estimate of drug-likeness (QED) is 0.174. The zero-order valence-corrected chi connectivity index (χ0v) is 17.9. The van der Waals surface area contributed by atoms with Gasteiger partial charge in [-0.2, -0.15) is 5.26 Å². The van der Waals surface area contributed by atoms with Gasteiger partial charge in [0.2, 0.25) is 0 Å². The lowest BCUT2D eigenvalue weighted by Gasteiger charge is -2.13. The number of rotatable bonds is 7. The molecule has 6 nitrogen and oxygen atoms in total. The lowest BCUT2D eigenvalue weighted by molar-refractivity contribution is -0.384. The minimum absolute atomic E-state index is 0.101. The topological polar surface area (TPSA) is 85.4 Å². The molecule has 8 heteroatoms. The van der Waals surface area contributed by atoms with Crippen molar-refractivity contribution in [3.8, 4) is 17.6 Å². The smallest absolute Gasteiger partial charge is 0.270 e. The van der Waals surface area contributed by atoms with E-state index in [4.69, 9.17) is 9.47 Å². The first-order valence-electron chi connectivity index (χ1n) is 9.02. The molecule has 0 bridgehead atoms. The number of ether oxygens (including phenoxy) is 2. The molecule has 0 spiro atoms. The van der Waals surface area contributed by atoms with Crippen molar-refractivity contribution >= 4 is 33.3 Å². The number of hydrogen-bond donors (Lipinski definition) is 0. The van der Waals surface area contributed by atoms with E-state index in [1.54, 1.807) is 36.4 Å². The van der Waals surface area contributed by atoms with Crippen molar-refractivity contribution in [2.24, 2.45) is 0 Å². The number of halogens is 2. The van der Waals surface area contributed by atoms with Gasteiger partial charge in [0.1, 0.15) is 12.4 Å². The van der Waals surface area contributed by atoms with E-state index in [0.717, 1.165) is 0 Å². The van der Waals surface area contributed by atoms with E-state index in [2.05, 4.69) is 22.0 Å². The lowest BCUT2D eigenvalue weighted by Crippen LogP contribution is -1.99. The average Bonchev–Trinajstić information content (AvgIpc) is 2.77. The predicted octanol–water partition coefficient (Wildman–Crippen LogP) is 6.15. The lowest BCUT2D eigenvalue weighted by atomic mass is 10.0. The summed E-state index contributed by atoms with van der Waals surface area (Å²) in [7, 11) is 1.48. The van der Waals surface area contributed by atoms with E-state index >= 15 is 0 Å². The molecule has 0 aliphatic rings. The van der Waals surface area contributed by atoms with Crippen LogP contribution in [-0.2, 0) is 6.61 Å². The standard InChI is InChI=1S/C23H16BrFN2O4/c1-30-22-11-17(9-18(13-26)16-5-3-7-20(10-16)27(28)29)21(24)12-23(22)31-14-15-4-2-6-19(25)8-15/h2-12H,14H2,1H3/b18-9-. The molecule has 0 atom stereocenters. The first kappa shape index (κ1) is 22.0. The van der Waals surface area contributed by atoms with Crippen molar-refractivity contribution in [1.82, 2.24) is 0 Å². The van der Waals surface area contributed by atoms with Crippen molar-refractivity contribution in [3.05, 3.63) is 97.8 Å². The Morgan fingerprint density at radius 2 is 1.97 bits per heavy atom. The molecule has 0 amide bonds. The van der Waals surface area contributed by atoms with Crippen LogP contribution >= 0.6 is 15.9 Å². The Bertz CT molecular complexity index is 1200. The second-order valence-corrected chi connectivity index (χ2v) is 7.27. The third-order valence-electron chi connectivity index (χ3n) is 4.35. The second-order valence-electron chi connectivity index (χ2n) is 6.42. The average molecular weight is 483 g/mol. The molecule has 0 unspecified atom stereocenters. The van der Waals surface area contributed by atoms with Crippen LogP contribution in [0.5, 0.6) is 11.5 Å². The Balaban J connectivity index is 1.92. The van der Waals surface area contributed by atoms with Gasteiger partial charge < -0.3 is 9.47 Å². The third-order valence-corrected chi connectivity index (χ3v) is 5.04. The maximum Gasteiger partial charge on any atom is 0.270 e. The molecule has 0 radical (unpaired) electrons. The Morgan fingerprint density at radius 1 is 1.19 bits per heavy atom. The summed E-state index contributed by atoms with van der Waals surface area (Å²) in [5.74, 6) is 0.506. The molecule has 0 heterocycles. The fraction of sp³-hybridized carbons (Fsp3) is 0.0870. The summed E-state index contributed by atoms with van der Waals surface area (Å²) in [6, 6.07) is 17.4. The van der Waals surface area contributed by atoms with E-state index in [9.17, 15) is 19.8 Å². The van der Waals surface area contributed by atoms with Crippen LogP contribution in [0, 0.1) is 27.3 Å². The van der Waals surface area contributed by atoms with E-state index in [0.29, 0.717) is 32.7 Å². The highest BCUT2D eigenvalue weighted by molar-refractivity contribution is 9.10. The van der Waals surface area contributed by atoms with Crippen molar-refractivity contribution in [1.29, 1.82) is 5.26 Å². The van der Waals surface area contributed by atoms with Gasteiger partial charge in [0, 0.05) is 16.6 Å². The van der Waals surface area contributed by atoms with Gasteiger partial charge in [-0.15, -0.1) is 0 Å². The zero-order chi connectivity index (χ0) is 22.4. The predicted molar refractivity (Wildman–Crippen MR) is 118 cm³/mol. The van der Waals surface area contributed by atoms with Crippen LogP contribution in [0.3, 0.4) is 0 Å². The number of allylic oxidation sites excluding steroid dienone is 1. The molecule has 0 fully saturated rings. The van der Waals surface area contributed by atoms with E-state index < -0.39 is 4.92 Å². The Hall–Kier alpha value is -3.70. The summed E-state index contributed by atoms with van der Waals surface area (Å²) in [6.45, 7) is 0.146. The maximum absolute atomic E-state index is 13.4. The molecular formula is C23H16BrFN2O4. The number of nitro benzene ring substituents is 1.